The van der Waals surface area contributed by atoms with Crippen molar-refractivity contribution in [3.63, 3.8) is 0 Å². The van der Waals surface area contributed by atoms with E-state index >= 15 is 0 Å². The van der Waals surface area contributed by atoms with Gasteiger partial charge in [-0.2, -0.15) is 0 Å². The SMILES string of the molecule is CN(C[C@H]1O[C@H](O[C@@H]2[C@@H](NC(=O)OCc3ccccc3)[C@H](OCc3ccccc3)[C@@H](NC(=O)OCc3ccccc3)[C@@H]3OC4(CCCCC4)O[C@@H]23)[C@H](N=[N+]=[N-])C[C@@H]1OCc1ccccc1)C(=O)OCc1ccccc1. The summed E-state index contributed by atoms with van der Waals surface area (Å²) in [6, 6.07) is 43.9. The molecule has 18 nitrogen and oxygen atoms in total. The topological polar surface area (TPSA) is 210 Å². The number of likely N-dealkylation sites (N-methyl/N-ethyl adjacent to an activating group) is 1. The first-order valence-corrected chi connectivity index (χ1v) is 25.6. The molecule has 1 spiro atoms. The molecule has 5 aromatic rings. The van der Waals surface area contributed by atoms with Gasteiger partial charge in [-0.05, 0) is 52.6 Å². The van der Waals surface area contributed by atoms with E-state index in [9.17, 15) is 19.9 Å². The Morgan fingerprint density at radius 1 is 0.613 bits per heavy atom. The Morgan fingerprint density at radius 2 is 1.08 bits per heavy atom. The second-order valence-electron chi connectivity index (χ2n) is 19.3. The van der Waals surface area contributed by atoms with Crippen molar-refractivity contribution >= 4 is 18.3 Å². The monoisotopic (exact) mass is 1020 g/mol. The first kappa shape index (κ1) is 52.8. The van der Waals surface area contributed by atoms with Crippen LogP contribution in [0.15, 0.2) is 157 Å². The molecule has 2 aliphatic carbocycles. The summed E-state index contributed by atoms with van der Waals surface area (Å²) in [5.41, 5.74) is 14.2. The molecule has 4 fully saturated rings. The summed E-state index contributed by atoms with van der Waals surface area (Å²) < 4.78 is 59.0. The summed E-state index contributed by atoms with van der Waals surface area (Å²) in [5, 5.41) is 10.4. The molecule has 0 aromatic heterocycles. The van der Waals surface area contributed by atoms with Crippen LogP contribution in [0.1, 0.15) is 66.3 Å². The molecule has 0 bridgehead atoms. The van der Waals surface area contributed by atoms with E-state index in [0.717, 1.165) is 47.1 Å². The highest BCUT2D eigenvalue weighted by molar-refractivity contribution is 5.69. The highest BCUT2D eigenvalue weighted by Crippen LogP contribution is 2.47. The molecule has 75 heavy (non-hydrogen) atoms. The maximum atomic E-state index is 14.3. The molecule has 10 atom stereocenters. The second-order valence-corrected chi connectivity index (χ2v) is 19.3. The predicted octanol–water partition coefficient (Wildman–Crippen LogP) is 9.65. The minimum absolute atomic E-state index is 0.0112. The zero-order valence-corrected chi connectivity index (χ0v) is 41.9. The van der Waals surface area contributed by atoms with Gasteiger partial charge < -0.3 is 58.2 Å². The lowest BCUT2D eigenvalue weighted by molar-refractivity contribution is -0.282. The summed E-state index contributed by atoms with van der Waals surface area (Å²) in [4.78, 5) is 46.6. The summed E-state index contributed by atoms with van der Waals surface area (Å²) in [6.45, 7) is 0.219. The van der Waals surface area contributed by atoms with Crippen LogP contribution < -0.4 is 10.6 Å². The van der Waals surface area contributed by atoms with Crippen molar-refractivity contribution in [3.05, 3.63) is 190 Å². The third-order valence-electron chi connectivity index (χ3n) is 13.9. The number of benzene rings is 5. The third kappa shape index (κ3) is 14.2. The molecule has 4 aliphatic rings. The first-order chi connectivity index (χ1) is 36.7. The summed E-state index contributed by atoms with van der Waals surface area (Å²) >= 11 is 0. The van der Waals surface area contributed by atoms with Crippen LogP contribution >= 0.6 is 0 Å². The van der Waals surface area contributed by atoms with Crippen molar-refractivity contribution in [1.82, 2.24) is 15.5 Å². The minimum atomic E-state index is -1.31. The van der Waals surface area contributed by atoms with Gasteiger partial charge in [-0.25, -0.2) is 14.4 Å². The molecule has 18 heteroatoms. The molecule has 2 heterocycles. The molecule has 9 rings (SSSR count). The quantitative estimate of drug-likeness (QED) is 0.0343. The van der Waals surface area contributed by atoms with Crippen molar-refractivity contribution < 1.29 is 57.0 Å². The van der Waals surface area contributed by atoms with Crippen molar-refractivity contribution in [1.29, 1.82) is 0 Å². The molecule has 2 saturated heterocycles. The van der Waals surface area contributed by atoms with Crippen LogP contribution in [0, 0.1) is 0 Å². The van der Waals surface area contributed by atoms with E-state index in [-0.39, 0.29) is 46.0 Å². The van der Waals surface area contributed by atoms with Gasteiger partial charge in [0.15, 0.2) is 12.1 Å². The van der Waals surface area contributed by atoms with Crippen molar-refractivity contribution in [2.75, 3.05) is 13.6 Å². The molecule has 2 N–H and O–H groups in total. The molecule has 5 aromatic carbocycles. The van der Waals surface area contributed by atoms with Gasteiger partial charge in [0.05, 0.1) is 44.0 Å². The first-order valence-electron chi connectivity index (χ1n) is 25.6. The van der Waals surface area contributed by atoms with Crippen molar-refractivity contribution in [2.45, 2.75) is 138 Å². The summed E-state index contributed by atoms with van der Waals surface area (Å²) in [6.07, 6.45) is -5.37. The van der Waals surface area contributed by atoms with Gasteiger partial charge in [0, 0.05) is 24.8 Å². The van der Waals surface area contributed by atoms with E-state index in [1.807, 2.05) is 152 Å². The number of nitrogens with zero attached hydrogens (tertiary/aromatic N) is 4. The second kappa shape index (κ2) is 26.0. The maximum Gasteiger partial charge on any atom is 0.409 e. The van der Waals surface area contributed by atoms with E-state index in [2.05, 4.69) is 20.7 Å². The van der Waals surface area contributed by atoms with Crippen LogP contribution in [0.5, 0.6) is 0 Å². The van der Waals surface area contributed by atoms with Crippen molar-refractivity contribution in [2.24, 2.45) is 5.11 Å². The zero-order valence-electron chi connectivity index (χ0n) is 41.9. The number of azide groups is 1. The molecule has 2 aliphatic heterocycles. The fourth-order valence-corrected chi connectivity index (χ4v) is 10.2. The Morgan fingerprint density at radius 3 is 1.60 bits per heavy atom. The Labute approximate surface area is 436 Å². The van der Waals surface area contributed by atoms with Crippen molar-refractivity contribution in [3.8, 4) is 0 Å². The standard InChI is InChI=1S/C57H64N6O12/c1-63(56(66)71-38-43-28-16-6-17-29-43)33-46-45(67-34-39-20-8-2-9-21-39)32-44(61-62-58)53(72-46)73-50-47(59-54(64)69-36-41-24-12-4-13-25-41)49(68-35-40-22-10-3-11-23-40)48(60-55(65)70-37-42-26-14-5-15-27-42)51-52(50)75-57(74-51)30-18-7-19-31-57/h2-6,8-17,20-29,44-53H,7,18-19,30-38H2,1H3,(H,59,64)(H,60,65)/t44-,45+,46-,47+,48-,49+,50-,51+,52+,53-/m1/s1. The van der Waals surface area contributed by atoms with Gasteiger partial charge in [-0.15, -0.1) is 0 Å². The van der Waals surface area contributed by atoms with Crippen LogP contribution in [0.3, 0.4) is 0 Å². The highest BCUT2D eigenvalue weighted by atomic mass is 16.8. The predicted molar refractivity (Wildman–Crippen MR) is 273 cm³/mol. The number of carbonyl (C=O) groups excluding carboxylic acids is 3. The van der Waals surface area contributed by atoms with Gasteiger partial charge in [0.25, 0.3) is 0 Å². The Bertz CT molecular complexity index is 2630. The number of carbonyl (C=O) groups is 3. The number of hydrogen-bond donors (Lipinski definition) is 2. The minimum Gasteiger partial charge on any atom is -0.445 e. The highest BCUT2D eigenvalue weighted by Gasteiger charge is 2.63. The molecule has 0 unspecified atom stereocenters. The Kier molecular flexibility index (Phi) is 18.3. The third-order valence-corrected chi connectivity index (χ3v) is 13.9. The van der Waals surface area contributed by atoms with Crippen LogP contribution in [-0.4, -0.2) is 104 Å². The van der Waals surface area contributed by atoms with E-state index in [1.165, 1.54) is 4.90 Å². The number of rotatable bonds is 19. The van der Waals surface area contributed by atoms with Gasteiger partial charge in [-0.3, -0.25) is 0 Å². The molecule has 2 saturated carbocycles. The molecule has 394 valence electrons. The molecule has 3 amide bonds. The average Bonchev–Trinajstić information content (AvgIpc) is 3.82. The molecular formula is C57H64N6O12. The Balaban J connectivity index is 1.06. The largest absolute Gasteiger partial charge is 0.445 e. The molecule has 0 radical (unpaired) electrons. The molecular weight excluding hydrogens is 961 g/mol. The number of hydrogen-bond acceptors (Lipinski definition) is 13. The normalized spacial score (nSPS) is 25.7. The van der Waals surface area contributed by atoms with E-state index < -0.39 is 85.1 Å². The van der Waals surface area contributed by atoms with Gasteiger partial charge in [0.2, 0.25) is 0 Å². The van der Waals surface area contributed by atoms with Gasteiger partial charge >= 0.3 is 18.3 Å². The number of ether oxygens (including phenoxy) is 9. The van der Waals surface area contributed by atoms with Crippen LogP contribution in [0.4, 0.5) is 14.4 Å². The lowest BCUT2D eigenvalue weighted by Gasteiger charge is -2.49. The number of fused-ring (bicyclic) bond motifs is 1. The number of alkyl carbamates (subject to hydrolysis) is 2. The zero-order chi connectivity index (χ0) is 51.8. The summed E-state index contributed by atoms with van der Waals surface area (Å²) in [7, 11) is 1.60. The maximum absolute atomic E-state index is 14.3. The fraction of sp³-hybridized carbons (Fsp3) is 0.421. The van der Waals surface area contributed by atoms with E-state index in [4.69, 9.17) is 42.6 Å². The van der Waals surface area contributed by atoms with Crippen LogP contribution in [0.25, 0.3) is 10.4 Å². The lowest BCUT2D eigenvalue weighted by atomic mass is 9.81. The summed E-state index contributed by atoms with van der Waals surface area (Å²) in [5.74, 6) is -1.07. The van der Waals surface area contributed by atoms with E-state index in [0.29, 0.717) is 12.8 Å². The van der Waals surface area contributed by atoms with Gasteiger partial charge in [-0.1, -0.05) is 163 Å². The fourth-order valence-electron chi connectivity index (χ4n) is 10.2. The van der Waals surface area contributed by atoms with Gasteiger partial charge in [0.1, 0.15) is 50.3 Å². The van der Waals surface area contributed by atoms with Crippen LogP contribution in [-0.2, 0) is 75.7 Å². The van der Waals surface area contributed by atoms with E-state index in [1.54, 1.807) is 7.05 Å². The number of amides is 3. The smallest absolute Gasteiger partial charge is 0.409 e. The lowest BCUT2D eigenvalue weighted by Crippen LogP contribution is -2.73. The average molecular weight is 1030 g/mol. The Hall–Kier alpha value is -7.02. The number of nitrogens with one attached hydrogen (secondary N) is 2. The van der Waals surface area contributed by atoms with Crippen LogP contribution in [0.2, 0.25) is 0 Å².